The Balaban J connectivity index is 2.63. The molecule has 0 aromatic heterocycles. The highest BCUT2D eigenvalue weighted by molar-refractivity contribution is 5.89. The standard InChI is InChI=1S/C9H16N2O2/c1-5(2)7-3-6(12)4-8(11-7)9(10)13/h5,7-8,11H,3-4H2,1-2H3,(H2,10,13). The Morgan fingerprint density at radius 3 is 2.62 bits per heavy atom. The van der Waals surface area contributed by atoms with E-state index < -0.39 is 11.9 Å². The molecule has 1 amide bonds. The number of nitrogens with two attached hydrogens (primary N) is 1. The van der Waals surface area contributed by atoms with Gasteiger partial charge in [-0.2, -0.15) is 0 Å². The van der Waals surface area contributed by atoms with Crippen LogP contribution in [0.1, 0.15) is 26.7 Å². The van der Waals surface area contributed by atoms with Crippen LogP contribution in [0.15, 0.2) is 0 Å². The van der Waals surface area contributed by atoms with Crippen molar-refractivity contribution >= 4 is 11.7 Å². The van der Waals surface area contributed by atoms with Crippen LogP contribution >= 0.6 is 0 Å². The van der Waals surface area contributed by atoms with Gasteiger partial charge in [0, 0.05) is 18.9 Å². The largest absolute Gasteiger partial charge is 0.368 e. The predicted molar refractivity (Wildman–Crippen MR) is 49.0 cm³/mol. The summed E-state index contributed by atoms with van der Waals surface area (Å²) in [6.07, 6.45) is 0.764. The fourth-order valence-corrected chi connectivity index (χ4v) is 1.54. The van der Waals surface area contributed by atoms with Crippen LogP contribution in [0.25, 0.3) is 0 Å². The van der Waals surface area contributed by atoms with Crippen LogP contribution in [0, 0.1) is 5.92 Å². The zero-order valence-electron chi connectivity index (χ0n) is 8.04. The average Bonchev–Trinajstić information content (AvgIpc) is 2.03. The minimum atomic E-state index is -0.464. The molecule has 4 nitrogen and oxygen atoms in total. The second-order valence-corrected chi connectivity index (χ2v) is 3.92. The molecule has 1 heterocycles. The van der Waals surface area contributed by atoms with Crippen molar-refractivity contribution < 1.29 is 9.59 Å². The summed E-state index contributed by atoms with van der Waals surface area (Å²) in [5.41, 5.74) is 5.14. The molecule has 1 aliphatic heterocycles. The van der Waals surface area contributed by atoms with Crippen molar-refractivity contribution in [1.29, 1.82) is 0 Å². The number of hydrogen-bond donors (Lipinski definition) is 2. The maximum Gasteiger partial charge on any atom is 0.235 e. The van der Waals surface area contributed by atoms with Crippen molar-refractivity contribution in [3.8, 4) is 0 Å². The first kappa shape index (κ1) is 10.2. The van der Waals surface area contributed by atoms with E-state index in [2.05, 4.69) is 5.32 Å². The number of ketones is 1. The highest BCUT2D eigenvalue weighted by Crippen LogP contribution is 2.15. The third-order valence-electron chi connectivity index (χ3n) is 2.44. The Labute approximate surface area is 77.9 Å². The zero-order chi connectivity index (χ0) is 10.0. The topological polar surface area (TPSA) is 72.2 Å². The monoisotopic (exact) mass is 184 g/mol. The van der Waals surface area contributed by atoms with Gasteiger partial charge in [-0.25, -0.2) is 0 Å². The number of piperidine rings is 1. The highest BCUT2D eigenvalue weighted by Gasteiger charge is 2.30. The van der Waals surface area contributed by atoms with Crippen molar-refractivity contribution in [2.45, 2.75) is 38.8 Å². The van der Waals surface area contributed by atoms with Gasteiger partial charge in [-0.05, 0) is 5.92 Å². The molecule has 2 atom stereocenters. The van der Waals surface area contributed by atoms with E-state index in [-0.39, 0.29) is 18.2 Å². The molecule has 0 aromatic rings. The van der Waals surface area contributed by atoms with Gasteiger partial charge in [0.2, 0.25) is 5.91 Å². The minimum absolute atomic E-state index is 0.0961. The van der Waals surface area contributed by atoms with Gasteiger partial charge in [-0.15, -0.1) is 0 Å². The second kappa shape index (κ2) is 3.87. The summed E-state index contributed by atoms with van der Waals surface area (Å²) in [6.45, 7) is 4.04. The maximum atomic E-state index is 11.2. The molecule has 1 saturated heterocycles. The van der Waals surface area contributed by atoms with Gasteiger partial charge in [0.15, 0.2) is 0 Å². The van der Waals surface area contributed by atoms with E-state index >= 15 is 0 Å². The highest BCUT2D eigenvalue weighted by atomic mass is 16.2. The van der Waals surface area contributed by atoms with Crippen LogP contribution in [0.2, 0.25) is 0 Å². The Morgan fingerprint density at radius 1 is 1.54 bits per heavy atom. The third-order valence-corrected chi connectivity index (χ3v) is 2.44. The summed E-state index contributed by atoms with van der Waals surface area (Å²) in [4.78, 5) is 22.1. The number of rotatable bonds is 2. The first-order chi connectivity index (χ1) is 6.00. The lowest BCUT2D eigenvalue weighted by atomic mass is 9.90. The van der Waals surface area contributed by atoms with E-state index in [1.165, 1.54) is 0 Å². The maximum absolute atomic E-state index is 11.2. The fraction of sp³-hybridized carbons (Fsp3) is 0.778. The molecular weight excluding hydrogens is 168 g/mol. The minimum Gasteiger partial charge on any atom is -0.368 e. The average molecular weight is 184 g/mol. The van der Waals surface area contributed by atoms with Crippen LogP contribution in [-0.2, 0) is 9.59 Å². The molecule has 2 unspecified atom stereocenters. The van der Waals surface area contributed by atoms with Gasteiger partial charge < -0.3 is 11.1 Å². The Kier molecular flexibility index (Phi) is 3.03. The number of amides is 1. The smallest absolute Gasteiger partial charge is 0.235 e. The van der Waals surface area contributed by atoms with Crippen LogP contribution in [0.5, 0.6) is 0 Å². The van der Waals surface area contributed by atoms with E-state index in [0.29, 0.717) is 12.3 Å². The molecule has 0 bridgehead atoms. The van der Waals surface area contributed by atoms with Crippen LogP contribution < -0.4 is 11.1 Å². The Bertz CT molecular complexity index is 226. The predicted octanol–water partition coefficient (Wildman–Crippen LogP) is -0.183. The third kappa shape index (κ3) is 2.52. The van der Waals surface area contributed by atoms with Crippen molar-refractivity contribution in [1.82, 2.24) is 5.32 Å². The van der Waals surface area contributed by atoms with Crippen LogP contribution in [0.4, 0.5) is 0 Å². The second-order valence-electron chi connectivity index (χ2n) is 3.92. The lowest BCUT2D eigenvalue weighted by molar-refractivity contribution is -0.128. The summed E-state index contributed by atoms with van der Waals surface area (Å²) in [6, 6.07) is -0.368. The van der Waals surface area contributed by atoms with E-state index in [4.69, 9.17) is 5.73 Å². The Morgan fingerprint density at radius 2 is 2.15 bits per heavy atom. The van der Waals surface area contributed by atoms with E-state index in [1.54, 1.807) is 0 Å². The molecule has 1 aliphatic rings. The Hall–Kier alpha value is -0.900. The van der Waals surface area contributed by atoms with Crippen molar-refractivity contribution in [3.05, 3.63) is 0 Å². The van der Waals surface area contributed by atoms with E-state index in [0.717, 1.165) is 0 Å². The lowest BCUT2D eigenvalue weighted by Gasteiger charge is -2.30. The van der Waals surface area contributed by atoms with Crippen molar-refractivity contribution in [2.75, 3.05) is 0 Å². The van der Waals surface area contributed by atoms with Gasteiger partial charge in [-0.3, -0.25) is 9.59 Å². The van der Waals surface area contributed by atoms with Crippen molar-refractivity contribution in [3.63, 3.8) is 0 Å². The summed E-state index contributed by atoms with van der Waals surface area (Å²) >= 11 is 0. The molecule has 74 valence electrons. The molecule has 0 aromatic carbocycles. The number of carbonyl (C=O) groups excluding carboxylic acids is 2. The van der Waals surface area contributed by atoms with Gasteiger partial charge in [0.05, 0.1) is 6.04 Å². The molecule has 4 heteroatoms. The lowest BCUT2D eigenvalue weighted by Crippen LogP contribution is -2.53. The van der Waals surface area contributed by atoms with E-state index in [1.807, 2.05) is 13.8 Å². The molecule has 0 saturated carbocycles. The SMILES string of the molecule is CC(C)C1CC(=O)CC(C(N)=O)N1. The number of hydrogen-bond acceptors (Lipinski definition) is 3. The number of primary amides is 1. The number of Topliss-reactive ketones (excluding diaryl/α,β-unsaturated/α-hetero) is 1. The summed E-state index contributed by atoms with van der Waals surface area (Å²) < 4.78 is 0. The molecule has 0 spiro atoms. The molecule has 3 N–H and O–H groups in total. The first-order valence-corrected chi connectivity index (χ1v) is 4.57. The van der Waals surface area contributed by atoms with Crippen molar-refractivity contribution in [2.24, 2.45) is 11.7 Å². The summed E-state index contributed by atoms with van der Waals surface area (Å²) in [5.74, 6) is 0.0473. The fourth-order valence-electron chi connectivity index (χ4n) is 1.54. The van der Waals surface area contributed by atoms with Gasteiger partial charge in [0.25, 0.3) is 0 Å². The zero-order valence-corrected chi connectivity index (χ0v) is 8.04. The summed E-state index contributed by atoms with van der Waals surface area (Å²) in [7, 11) is 0. The molecule has 0 aliphatic carbocycles. The van der Waals surface area contributed by atoms with Gasteiger partial charge in [-0.1, -0.05) is 13.8 Å². The first-order valence-electron chi connectivity index (χ1n) is 4.57. The van der Waals surface area contributed by atoms with Gasteiger partial charge >= 0.3 is 0 Å². The molecule has 1 fully saturated rings. The molecular formula is C9H16N2O2. The quantitative estimate of drug-likeness (QED) is 0.625. The molecule has 13 heavy (non-hydrogen) atoms. The van der Waals surface area contributed by atoms with E-state index in [9.17, 15) is 9.59 Å². The number of nitrogens with one attached hydrogen (secondary N) is 1. The van der Waals surface area contributed by atoms with Crippen LogP contribution in [0.3, 0.4) is 0 Å². The molecule has 0 radical (unpaired) electrons. The van der Waals surface area contributed by atoms with Crippen LogP contribution in [-0.4, -0.2) is 23.8 Å². The number of carbonyl (C=O) groups is 2. The van der Waals surface area contributed by atoms with Gasteiger partial charge in [0.1, 0.15) is 5.78 Å². The normalized spacial score (nSPS) is 29.3. The molecule has 1 rings (SSSR count). The summed E-state index contributed by atoms with van der Waals surface area (Å²) in [5, 5.41) is 3.09.